The van der Waals surface area contributed by atoms with Gasteiger partial charge in [-0.2, -0.15) is 0 Å². The van der Waals surface area contributed by atoms with Crippen molar-refractivity contribution in [2.75, 3.05) is 34.5 Å². The maximum Gasteiger partial charge on any atom is 0.337 e. The van der Waals surface area contributed by atoms with Gasteiger partial charge in [0.25, 0.3) is 0 Å². The average Bonchev–Trinajstić information content (AvgIpc) is 3.11. The van der Waals surface area contributed by atoms with Gasteiger partial charge in [-0.05, 0) is 0 Å². The fraction of sp³-hybridized carbons (Fsp3) is 0.613. The number of phenols is 1. The van der Waals surface area contributed by atoms with Crippen molar-refractivity contribution < 1.29 is 93.1 Å². The van der Waals surface area contributed by atoms with Crippen molar-refractivity contribution in [1.82, 2.24) is 0 Å². The fourth-order valence-electron chi connectivity index (χ4n) is 5.63. The Morgan fingerprint density at radius 3 is 1.98 bits per heavy atom. The Hall–Kier alpha value is -3.76. The minimum absolute atomic E-state index is 0.0162. The van der Waals surface area contributed by atoms with E-state index in [2.05, 4.69) is 6.58 Å². The fourth-order valence-corrected chi connectivity index (χ4v) is 5.63. The minimum atomic E-state index is -1.81. The number of hydrogen-bond donors (Lipinski definition) is 8. The Morgan fingerprint density at radius 1 is 0.840 bits per heavy atom. The number of aliphatic hydroxyl groups excluding tert-OH is 7. The van der Waals surface area contributed by atoms with Crippen LogP contribution in [0.2, 0.25) is 0 Å². The number of aromatic hydroxyl groups is 1. The number of carbonyl (C=O) groups excluding carboxylic acids is 2. The monoisotopic (exact) mass is 718 g/mol. The summed E-state index contributed by atoms with van der Waals surface area (Å²) in [5.74, 6) is -4.31. The van der Waals surface area contributed by atoms with Crippen molar-refractivity contribution in [3.05, 3.63) is 36.6 Å². The Balaban J connectivity index is 1.46. The van der Waals surface area contributed by atoms with Gasteiger partial charge in [-0.3, -0.25) is 4.79 Å². The lowest BCUT2D eigenvalue weighted by molar-refractivity contribution is -0.339. The largest absolute Gasteiger partial charge is 0.502 e. The van der Waals surface area contributed by atoms with Gasteiger partial charge in [0.1, 0.15) is 61.2 Å². The number of ether oxygens (including phenoxy) is 9. The van der Waals surface area contributed by atoms with Crippen LogP contribution in [-0.4, -0.2) is 155 Å². The molecule has 3 aliphatic heterocycles. The quantitative estimate of drug-likeness (QED) is 0.0754. The van der Waals surface area contributed by atoms with E-state index in [0.717, 1.165) is 13.4 Å². The third kappa shape index (κ3) is 8.23. The molecule has 3 aliphatic rings. The van der Waals surface area contributed by atoms with Crippen LogP contribution >= 0.6 is 0 Å². The minimum Gasteiger partial charge on any atom is -0.502 e. The molecule has 13 atom stereocenters. The molecular formula is C31H42O19. The lowest BCUT2D eigenvalue weighted by Gasteiger charge is -2.43. The van der Waals surface area contributed by atoms with Crippen molar-refractivity contribution in [3.63, 3.8) is 0 Å². The maximum atomic E-state index is 13.2. The van der Waals surface area contributed by atoms with Gasteiger partial charge >= 0.3 is 11.9 Å². The molecule has 0 spiro atoms. The Morgan fingerprint density at radius 2 is 1.42 bits per heavy atom. The molecule has 19 nitrogen and oxygen atoms in total. The molecule has 3 heterocycles. The molecule has 19 heteroatoms. The van der Waals surface area contributed by atoms with E-state index < -0.39 is 111 Å². The summed E-state index contributed by atoms with van der Waals surface area (Å²) in [6.07, 6.45) is -16.1. The first-order chi connectivity index (χ1) is 23.8. The molecule has 4 rings (SSSR count). The molecular weight excluding hydrogens is 676 g/mol. The number of methoxy groups -OCH3 is 3. The highest BCUT2D eigenvalue weighted by molar-refractivity contribution is 5.90. The van der Waals surface area contributed by atoms with E-state index >= 15 is 0 Å². The molecule has 50 heavy (non-hydrogen) atoms. The molecule has 0 aromatic heterocycles. The van der Waals surface area contributed by atoms with Gasteiger partial charge in [-0.25, -0.2) is 4.79 Å². The molecule has 0 aliphatic carbocycles. The number of aliphatic hydroxyl groups is 7. The summed E-state index contributed by atoms with van der Waals surface area (Å²) >= 11 is 0. The van der Waals surface area contributed by atoms with Crippen molar-refractivity contribution in [2.24, 2.45) is 11.8 Å². The van der Waals surface area contributed by atoms with E-state index in [0.29, 0.717) is 0 Å². The molecule has 2 saturated heterocycles. The summed E-state index contributed by atoms with van der Waals surface area (Å²) in [6.45, 7) is 2.35. The first-order valence-electron chi connectivity index (χ1n) is 15.3. The maximum absolute atomic E-state index is 13.2. The zero-order valence-corrected chi connectivity index (χ0v) is 27.2. The van der Waals surface area contributed by atoms with Gasteiger partial charge in [-0.15, -0.1) is 6.58 Å². The van der Waals surface area contributed by atoms with Crippen LogP contribution in [0.15, 0.2) is 36.6 Å². The normalized spacial score (nSPS) is 35.6. The van der Waals surface area contributed by atoms with Crippen molar-refractivity contribution in [2.45, 2.75) is 74.1 Å². The molecule has 0 unspecified atom stereocenters. The standard InChI is InChI=1S/C31H42O19/c1-5-13-14(15(28(41)44-4)10-46-29(13)50-31-27(40)24(37)22(35)18(9-32)48-31)8-20(33)45-11-19-23(36)25(38)26(39)30(49-19)47-12-6-16(42-2)21(34)17(7-12)43-3/h5-7,10,13-14,18-19,22-27,29-32,34-40H,1,8-9,11H2,2-4H3/t13-,14+,18-,19-,22-,23-,24+,25+,26-,27-,29+,30-,31+/m1/s1. The van der Waals surface area contributed by atoms with Gasteiger partial charge < -0.3 is 83.5 Å². The zero-order valence-electron chi connectivity index (χ0n) is 27.2. The summed E-state index contributed by atoms with van der Waals surface area (Å²) in [5.41, 5.74) is -0.122. The molecule has 0 bridgehead atoms. The van der Waals surface area contributed by atoms with E-state index in [1.807, 2.05) is 0 Å². The molecule has 2 fully saturated rings. The third-order valence-electron chi connectivity index (χ3n) is 8.49. The Labute approximate surface area is 285 Å². The Bertz CT molecular complexity index is 1340. The van der Waals surface area contributed by atoms with E-state index in [-0.39, 0.29) is 28.6 Å². The van der Waals surface area contributed by atoms with Gasteiger partial charge in [-0.1, -0.05) is 6.08 Å². The van der Waals surface area contributed by atoms with Gasteiger partial charge in [0, 0.05) is 24.0 Å². The number of hydrogen-bond acceptors (Lipinski definition) is 19. The van der Waals surface area contributed by atoms with Crippen LogP contribution in [0.4, 0.5) is 0 Å². The summed E-state index contributed by atoms with van der Waals surface area (Å²) in [5, 5.41) is 81.9. The molecule has 8 N–H and O–H groups in total. The summed E-state index contributed by atoms with van der Waals surface area (Å²) in [6, 6.07) is 2.51. The SMILES string of the molecule is C=C[C@H]1[C@H](O[C@@H]2O[C@H](CO)[C@@H](O)[C@H](O)[C@H]2O)OC=C(C(=O)OC)[C@H]1CC(=O)OC[C@H]1O[C@@H](Oc2cc(OC)c(O)c(OC)c2)[C@H](O)[C@@H](O)[C@@H]1O. The predicted molar refractivity (Wildman–Crippen MR) is 161 cm³/mol. The number of esters is 2. The first kappa shape index (κ1) is 39.0. The molecule has 1 aromatic carbocycles. The molecule has 1 aromatic rings. The van der Waals surface area contributed by atoms with Crippen LogP contribution in [-0.2, 0) is 38.0 Å². The van der Waals surface area contributed by atoms with E-state index in [4.69, 9.17) is 42.6 Å². The predicted octanol–water partition coefficient (Wildman–Crippen LogP) is -2.82. The topological polar surface area (TPSA) is 279 Å². The molecule has 0 saturated carbocycles. The van der Waals surface area contributed by atoms with Gasteiger partial charge in [0.2, 0.25) is 18.3 Å². The lowest BCUT2D eigenvalue weighted by atomic mass is 9.81. The summed E-state index contributed by atoms with van der Waals surface area (Å²) in [7, 11) is 3.66. The van der Waals surface area contributed by atoms with Crippen molar-refractivity contribution in [1.29, 1.82) is 0 Å². The van der Waals surface area contributed by atoms with Crippen LogP contribution in [0, 0.1) is 11.8 Å². The van der Waals surface area contributed by atoms with Crippen molar-refractivity contribution in [3.8, 4) is 23.0 Å². The van der Waals surface area contributed by atoms with Crippen LogP contribution in [0.25, 0.3) is 0 Å². The van der Waals surface area contributed by atoms with E-state index in [1.165, 1.54) is 32.4 Å². The number of benzene rings is 1. The smallest absolute Gasteiger partial charge is 0.337 e. The van der Waals surface area contributed by atoms with Crippen LogP contribution in [0.1, 0.15) is 6.42 Å². The summed E-state index contributed by atoms with van der Waals surface area (Å²) < 4.78 is 48.3. The highest BCUT2D eigenvalue weighted by Gasteiger charge is 2.49. The number of phenolic OH excluding ortho intramolecular Hbond substituents is 1. The average molecular weight is 719 g/mol. The second-order valence-electron chi connectivity index (χ2n) is 11.5. The Kier molecular flexibility index (Phi) is 13.2. The summed E-state index contributed by atoms with van der Waals surface area (Å²) in [4.78, 5) is 25.8. The van der Waals surface area contributed by atoms with Gasteiger partial charge in [0.15, 0.2) is 17.8 Å². The van der Waals surface area contributed by atoms with Crippen LogP contribution in [0.5, 0.6) is 23.0 Å². The van der Waals surface area contributed by atoms with E-state index in [1.54, 1.807) is 0 Å². The highest BCUT2D eigenvalue weighted by Crippen LogP contribution is 2.41. The highest BCUT2D eigenvalue weighted by atomic mass is 16.8. The third-order valence-corrected chi connectivity index (χ3v) is 8.49. The molecule has 0 amide bonds. The van der Waals surface area contributed by atoms with Crippen LogP contribution in [0.3, 0.4) is 0 Å². The second kappa shape index (κ2) is 17.0. The second-order valence-corrected chi connectivity index (χ2v) is 11.5. The molecule has 280 valence electrons. The first-order valence-corrected chi connectivity index (χ1v) is 15.3. The number of carbonyl (C=O) groups is 2. The molecule has 0 radical (unpaired) electrons. The van der Waals surface area contributed by atoms with Crippen LogP contribution < -0.4 is 14.2 Å². The lowest BCUT2D eigenvalue weighted by Crippen LogP contribution is -2.60. The number of rotatable bonds is 13. The zero-order chi connectivity index (χ0) is 36.9. The van der Waals surface area contributed by atoms with E-state index in [9.17, 15) is 50.4 Å². The van der Waals surface area contributed by atoms with Gasteiger partial charge in [0.05, 0.1) is 46.2 Å². The van der Waals surface area contributed by atoms with Crippen molar-refractivity contribution >= 4 is 11.9 Å².